The molecule has 12 heavy (non-hydrogen) atoms. The van der Waals surface area contributed by atoms with Crippen LogP contribution in [0.2, 0.25) is 0 Å². The summed E-state index contributed by atoms with van der Waals surface area (Å²) in [5.41, 5.74) is 8.88. The van der Waals surface area contributed by atoms with E-state index in [0.29, 0.717) is 0 Å². The molecule has 0 bridgehead atoms. The monoisotopic (exact) mass is 179 g/mol. The first kappa shape index (κ1) is 8.67. The topological polar surface area (TPSA) is 50.4 Å². The molecule has 0 aliphatic carbocycles. The molecule has 0 saturated carbocycles. The van der Waals surface area contributed by atoms with Crippen LogP contribution >= 0.6 is 12.2 Å². The minimum absolute atomic E-state index is 0.262. The van der Waals surface area contributed by atoms with Gasteiger partial charge < -0.3 is 5.73 Å². The molecule has 0 aliphatic heterocycles. The van der Waals surface area contributed by atoms with Crippen LogP contribution in [0.5, 0.6) is 0 Å². The van der Waals surface area contributed by atoms with E-state index in [1.807, 2.05) is 30.3 Å². The summed E-state index contributed by atoms with van der Waals surface area (Å²) in [5, 5.41) is 3.80. The Morgan fingerprint density at radius 1 is 1.42 bits per heavy atom. The molecular formula is C8H9N3S. The number of rotatable bonds is 3. The summed E-state index contributed by atoms with van der Waals surface area (Å²) in [6, 6.07) is 9.56. The van der Waals surface area contributed by atoms with E-state index in [4.69, 9.17) is 5.73 Å². The normalized spacial score (nSPS) is 10.0. The number of para-hydroxylation sites is 1. The van der Waals surface area contributed by atoms with Crippen molar-refractivity contribution < 1.29 is 0 Å². The molecule has 62 valence electrons. The van der Waals surface area contributed by atoms with Gasteiger partial charge in [0, 0.05) is 0 Å². The van der Waals surface area contributed by atoms with Crippen LogP contribution in [0.3, 0.4) is 0 Å². The van der Waals surface area contributed by atoms with E-state index in [0.717, 1.165) is 5.69 Å². The Kier molecular flexibility index (Phi) is 3.22. The number of hydrogen-bond donors (Lipinski definition) is 2. The van der Waals surface area contributed by atoms with Crippen LogP contribution in [0.1, 0.15) is 0 Å². The zero-order chi connectivity index (χ0) is 8.81. The van der Waals surface area contributed by atoms with Gasteiger partial charge in [-0.2, -0.15) is 5.10 Å². The van der Waals surface area contributed by atoms with Gasteiger partial charge in [-0.05, 0) is 12.1 Å². The molecule has 0 atom stereocenters. The summed E-state index contributed by atoms with van der Waals surface area (Å²) in [5.74, 6) is 0. The Balaban J connectivity index is 2.49. The third kappa shape index (κ3) is 3.12. The fourth-order valence-corrected chi connectivity index (χ4v) is 0.736. The lowest BCUT2D eigenvalue weighted by molar-refractivity contribution is 1.36. The van der Waals surface area contributed by atoms with Gasteiger partial charge in [0.25, 0.3) is 0 Å². The lowest BCUT2D eigenvalue weighted by Crippen LogP contribution is -2.09. The van der Waals surface area contributed by atoms with Crippen molar-refractivity contribution in [1.29, 1.82) is 0 Å². The Morgan fingerprint density at radius 2 is 2.08 bits per heavy atom. The van der Waals surface area contributed by atoms with Crippen molar-refractivity contribution in [2.45, 2.75) is 0 Å². The van der Waals surface area contributed by atoms with E-state index < -0.39 is 0 Å². The van der Waals surface area contributed by atoms with E-state index in [-0.39, 0.29) is 4.99 Å². The third-order valence-electron chi connectivity index (χ3n) is 1.16. The second-order valence-corrected chi connectivity index (χ2v) is 2.61. The van der Waals surface area contributed by atoms with Gasteiger partial charge in [0.15, 0.2) is 0 Å². The van der Waals surface area contributed by atoms with E-state index in [2.05, 4.69) is 22.7 Å². The van der Waals surface area contributed by atoms with Gasteiger partial charge in [0.05, 0.1) is 11.9 Å². The Morgan fingerprint density at radius 3 is 2.67 bits per heavy atom. The smallest absolute Gasteiger partial charge is 0.117 e. The SMILES string of the molecule is NC(=S)C=NNc1ccccc1. The van der Waals surface area contributed by atoms with Gasteiger partial charge in [-0.1, -0.05) is 30.4 Å². The molecule has 1 aromatic carbocycles. The molecule has 4 heteroatoms. The largest absolute Gasteiger partial charge is 0.389 e. The minimum atomic E-state index is 0.262. The molecule has 0 unspecified atom stereocenters. The minimum Gasteiger partial charge on any atom is -0.389 e. The van der Waals surface area contributed by atoms with Crippen molar-refractivity contribution in [3.63, 3.8) is 0 Å². The first-order chi connectivity index (χ1) is 5.79. The molecule has 0 radical (unpaired) electrons. The quantitative estimate of drug-likeness (QED) is 0.418. The number of nitrogens with zero attached hydrogens (tertiary/aromatic N) is 1. The van der Waals surface area contributed by atoms with Crippen molar-refractivity contribution in [2.75, 3.05) is 5.43 Å². The average molecular weight is 179 g/mol. The van der Waals surface area contributed by atoms with Crippen LogP contribution in [0.4, 0.5) is 5.69 Å². The van der Waals surface area contributed by atoms with Crippen molar-refractivity contribution in [2.24, 2.45) is 10.8 Å². The highest BCUT2D eigenvalue weighted by atomic mass is 32.1. The van der Waals surface area contributed by atoms with Crippen molar-refractivity contribution in [3.05, 3.63) is 30.3 Å². The molecule has 3 nitrogen and oxygen atoms in total. The molecule has 3 N–H and O–H groups in total. The van der Waals surface area contributed by atoms with E-state index in [1.165, 1.54) is 6.21 Å². The number of nitrogens with one attached hydrogen (secondary N) is 1. The predicted molar refractivity (Wildman–Crippen MR) is 55.3 cm³/mol. The summed E-state index contributed by atoms with van der Waals surface area (Å²) >= 11 is 4.60. The zero-order valence-electron chi connectivity index (χ0n) is 6.40. The van der Waals surface area contributed by atoms with Crippen molar-refractivity contribution >= 4 is 29.1 Å². The van der Waals surface area contributed by atoms with Crippen molar-refractivity contribution in [1.82, 2.24) is 0 Å². The molecule has 0 fully saturated rings. The van der Waals surface area contributed by atoms with Gasteiger partial charge in [0.1, 0.15) is 4.99 Å². The number of hydrazone groups is 1. The molecule has 1 rings (SSSR count). The second kappa shape index (κ2) is 4.46. The molecule has 0 spiro atoms. The van der Waals surface area contributed by atoms with E-state index >= 15 is 0 Å². The van der Waals surface area contributed by atoms with Crippen LogP contribution in [0, 0.1) is 0 Å². The van der Waals surface area contributed by atoms with Crippen LogP contribution in [0.15, 0.2) is 35.4 Å². The maximum absolute atomic E-state index is 5.20. The highest BCUT2D eigenvalue weighted by molar-refractivity contribution is 7.81. The molecule has 0 heterocycles. The van der Waals surface area contributed by atoms with Gasteiger partial charge in [-0.25, -0.2) is 0 Å². The lowest BCUT2D eigenvalue weighted by Gasteiger charge is -1.96. The lowest BCUT2D eigenvalue weighted by atomic mass is 10.3. The summed E-state index contributed by atoms with van der Waals surface area (Å²) in [7, 11) is 0. The summed E-state index contributed by atoms with van der Waals surface area (Å²) < 4.78 is 0. The fraction of sp³-hybridized carbons (Fsp3) is 0. The maximum atomic E-state index is 5.20. The van der Waals surface area contributed by atoms with Crippen LogP contribution in [-0.4, -0.2) is 11.2 Å². The third-order valence-corrected chi connectivity index (χ3v) is 1.26. The zero-order valence-corrected chi connectivity index (χ0v) is 7.21. The predicted octanol–water partition coefficient (Wildman–Crippen LogP) is 1.37. The summed E-state index contributed by atoms with van der Waals surface area (Å²) in [4.78, 5) is 0.262. The molecule has 1 aromatic rings. The number of thiocarbonyl (C=S) groups is 1. The highest BCUT2D eigenvalue weighted by Crippen LogP contribution is 2.03. The van der Waals surface area contributed by atoms with Crippen molar-refractivity contribution in [3.8, 4) is 0 Å². The van der Waals surface area contributed by atoms with Crippen LogP contribution < -0.4 is 11.2 Å². The Hall–Kier alpha value is -1.42. The van der Waals surface area contributed by atoms with Crippen LogP contribution in [0.25, 0.3) is 0 Å². The molecule has 0 aromatic heterocycles. The number of benzene rings is 1. The molecule has 0 aliphatic rings. The first-order valence-electron chi connectivity index (χ1n) is 3.42. The van der Waals surface area contributed by atoms with Gasteiger partial charge in [-0.15, -0.1) is 0 Å². The van der Waals surface area contributed by atoms with Gasteiger partial charge in [0.2, 0.25) is 0 Å². The number of anilines is 1. The average Bonchev–Trinajstić information content (AvgIpc) is 2.05. The van der Waals surface area contributed by atoms with Gasteiger partial charge in [-0.3, -0.25) is 5.43 Å². The number of nitrogens with two attached hydrogens (primary N) is 1. The summed E-state index contributed by atoms with van der Waals surface area (Å²) in [6.45, 7) is 0. The Bertz CT molecular complexity index is 282. The first-order valence-corrected chi connectivity index (χ1v) is 3.83. The second-order valence-electron chi connectivity index (χ2n) is 2.14. The Labute approximate surface area is 76.3 Å². The highest BCUT2D eigenvalue weighted by Gasteiger charge is 1.83. The maximum Gasteiger partial charge on any atom is 0.117 e. The molecular weight excluding hydrogens is 170 g/mol. The van der Waals surface area contributed by atoms with E-state index in [9.17, 15) is 0 Å². The molecule has 0 saturated heterocycles. The number of hydrogen-bond acceptors (Lipinski definition) is 3. The van der Waals surface area contributed by atoms with E-state index in [1.54, 1.807) is 0 Å². The fourth-order valence-electron chi connectivity index (χ4n) is 0.683. The van der Waals surface area contributed by atoms with Gasteiger partial charge >= 0.3 is 0 Å². The standard InChI is InChI=1S/C8H9N3S/c9-8(12)6-10-11-7-4-2-1-3-5-7/h1-6,11H,(H2,9,12). The summed E-state index contributed by atoms with van der Waals surface area (Å²) in [6.07, 6.45) is 1.39. The molecule has 0 amide bonds. The van der Waals surface area contributed by atoms with Crippen LogP contribution in [-0.2, 0) is 0 Å².